The molecule has 2 rings (SSSR count). The summed E-state index contributed by atoms with van der Waals surface area (Å²) in [6, 6.07) is 14.7. The molecule has 0 aliphatic rings. The van der Waals surface area contributed by atoms with E-state index in [9.17, 15) is 14.9 Å². The third-order valence-electron chi connectivity index (χ3n) is 2.80. The van der Waals surface area contributed by atoms with Crippen LogP contribution in [-0.2, 0) is 0 Å². The SMILES string of the molecule is CN(N=Cc1ccc([N+](=O)[O-])cc1)C(=O)c1ccccc1. The van der Waals surface area contributed by atoms with Crippen LogP contribution >= 0.6 is 0 Å². The molecule has 0 bridgehead atoms. The minimum Gasteiger partial charge on any atom is -0.267 e. The fourth-order valence-corrected chi connectivity index (χ4v) is 1.66. The highest BCUT2D eigenvalue weighted by atomic mass is 16.6. The fraction of sp³-hybridized carbons (Fsp3) is 0.0667. The van der Waals surface area contributed by atoms with Crippen LogP contribution in [0.5, 0.6) is 0 Å². The number of nitro benzene ring substituents is 1. The topological polar surface area (TPSA) is 75.8 Å². The molecular weight excluding hydrogens is 270 g/mol. The van der Waals surface area contributed by atoms with Gasteiger partial charge in [0.25, 0.3) is 11.6 Å². The largest absolute Gasteiger partial charge is 0.273 e. The van der Waals surface area contributed by atoms with Crippen LogP contribution in [0.1, 0.15) is 15.9 Å². The quantitative estimate of drug-likeness (QED) is 0.492. The van der Waals surface area contributed by atoms with Crippen LogP contribution in [0.15, 0.2) is 59.7 Å². The average molecular weight is 283 g/mol. The van der Waals surface area contributed by atoms with E-state index in [1.54, 1.807) is 43.4 Å². The molecule has 1 amide bonds. The van der Waals surface area contributed by atoms with Gasteiger partial charge < -0.3 is 0 Å². The van der Waals surface area contributed by atoms with Gasteiger partial charge in [-0.2, -0.15) is 5.10 Å². The van der Waals surface area contributed by atoms with Gasteiger partial charge in [0, 0.05) is 24.7 Å². The zero-order valence-electron chi connectivity index (χ0n) is 11.3. The molecule has 2 aromatic carbocycles. The van der Waals surface area contributed by atoms with Gasteiger partial charge in [-0.25, -0.2) is 5.01 Å². The minimum atomic E-state index is -0.466. The number of hydrogen-bond acceptors (Lipinski definition) is 4. The second-order valence-electron chi connectivity index (χ2n) is 4.29. The standard InChI is InChI=1S/C15H13N3O3/c1-17(15(19)13-5-3-2-4-6-13)16-11-12-7-9-14(10-8-12)18(20)21/h2-11H,1H3. The highest BCUT2D eigenvalue weighted by Crippen LogP contribution is 2.11. The third kappa shape index (κ3) is 3.73. The number of amides is 1. The lowest BCUT2D eigenvalue weighted by atomic mass is 10.2. The number of carbonyl (C=O) groups is 1. The van der Waals surface area contributed by atoms with E-state index < -0.39 is 4.92 Å². The van der Waals surface area contributed by atoms with E-state index in [0.717, 1.165) is 0 Å². The number of hydrazone groups is 1. The van der Waals surface area contributed by atoms with Gasteiger partial charge in [0.15, 0.2) is 0 Å². The summed E-state index contributed by atoms with van der Waals surface area (Å²) in [4.78, 5) is 22.1. The lowest BCUT2D eigenvalue weighted by Crippen LogP contribution is -2.21. The number of carbonyl (C=O) groups excluding carboxylic acids is 1. The second-order valence-corrected chi connectivity index (χ2v) is 4.29. The van der Waals surface area contributed by atoms with Crippen LogP contribution in [0.4, 0.5) is 5.69 Å². The van der Waals surface area contributed by atoms with Gasteiger partial charge in [0.1, 0.15) is 0 Å². The summed E-state index contributed by atoms with van der Waals surface area (Å²) in [5.74, 6) is -0.228. The van der Waals surface area contributed by atoms with Crippen LogP contribution in [0.3, 0.4) is 0 Å². The van der Waals surface area contributed by atoms with E-state index in [4.69, 9.17) is 0 Å². The Labute approximate surface area is 121 Å². The van der Waals surface area contributed by atoms with Gasteiger partial charge >= 0.3 is 0 Å². The van der Waals surface area contributed by atoms with Gasteiger partial charge in [0.2, 0.25) is 0 Å². The van der Waals surface area contributed by atoms with Crippen molar-refractivity contribution in [2.45, 2.75) is 0 Å². The predicted octanol–water partition coefficient (Wildman–Crippen LogP) is 2.70. The Morgan fingerprint density at radius 3 is 2.33 bits per heavy atom. The fourth-order valence-electron chi connectivity index (χ4n) is 1.66. The van der Waals surface area contributed by atoms with Crippen molar-refractivity contribution in [1.82, 2.24) is 5.01 Å². The highest BCUT2D eigenvalue weighted by Gasteiger charge is 2.09. The molecule has 0 saturated heterocycles. The summed E-state index contributed by atoms with van der Waals surface area (Å²) in [5, 5.41) is 15.8. The molecule has 106 valence electrons. The van der Waals surface area contributed by atoms with Crippen molar-refractivity contribution in [2.24, 2.45) is 5.10 Å². The van der Waals surface area contributed by atoms with Gasteiger partial charge in [-0.3, -0.25) is 14.9 Å². The van der Waals surface area contributed by atoms with Crippen molar-refractivity contribution >= 4 is 17.8 Å². The van der Waals surface area contributed by atoms with E-state index in [2.05, 4.69) is 5.10 Å². The zero-order valence-corrected chi connectivity index (χ0v) is 11.3. The summed E-state index contributed by atoms with van der Waals surface area (Å²) < 4.78 is 0. The Bertz CT molecular complexity index is 666. The lowest BCUT2D eigenvalue weighted by Gasteiger charge is -2.10. The first-order chi connectivity index (χ1) is 10.1. The Morgan fingerprint density at radius 1 is 1.14 bits per heavy atom. The van der Waals surface area contributed by atoms with E-state index in [-0.39, 0.29) is 11.6 Å². The molecule has 0 spiro atoms. The molecule has 0 aromatic heterocycles. The second kappa shape index (κ2) is 6.42. The monoisotopic (exact) mass is 283 g/mol. The number of rotatable bonds is 4. The van der Waals surface area contributed by atoms with Crippen molar-refractivity contribution in [2.75, 3.05) is 7.05 Å². The molecule has 21 heavy (non-hydrogen) atoms. The predicted molar refractivity (Wildman–Crippen MR) is 79.2 cm³/mol. The minimum absolute atomic E-state index is 0.0147. The van der Waals surface area contributed by atoms with Crippen molar-refractivity contribution in [3.63, 3.8) is 0 Å². The lowest BCUT2D eigenvalue weighted by molar-refractivity contribution is -0.384. The zero-order chi connectivity index (χ0) is 15.2. The van der Waals surface area contributed by atoms with Gasteiger partial charge in [0.05, 0.1) is 11.1 Å². The third-order valence-corrected chi connectivity index (χ3v) is 2.80. The molecule has 0 N–H and O–H groups in total. The molecule has 0 radical (unpaired) electrons. The Hall–Kier alpha value is -3.02. The molecule has 6 heteroatoms. The summed E-state index contributed by atoms with van der Waals surface area (Å²) >= 11 is 0. The van der Waals surface area contributed by atoms with Crippen LogP contribution in [0, 0.1) is 10.1 Å². The number of nitrogens with zero attached hydrogens (tertiary/aromatic N) is 3. The first kappa shape index (κ1) is 14.4. The van der Waals surface area contributed by atoms with E-state index in [1.165, 1.54) is 23.4 Å². The first-order valence-corrected chi connectivity index (χ1v) is 6.19. The molecule has 2 aromatic rings. The van der Waals surface area contributed by atoms with Gasteiger partial charge in [-0.15, -0.1) is 0 Å². The van der Waals surface area contributed by atoms with E-state index >= 15 is 0 Å². The average Bonchev–Trinajstić information content (AvgIpc) is 2.53. The molecule has 0 aliphatic heterocycles. The van der Waals surface area contributed by atoms with Gasteiger partial charge in [-0.05, 0) is 29.8 Å². The Balaban J connectivity index is 2.06. The Kier molecular flexibility index (Phi) is 4.40. The first-order valence-electron chi connectivity index (χ1n) is 6.19. The number of non-ortho nitro benzene ring substituents is 1. The normalized spacial score (nSPS) is 10.5. The van der Waals surface area contributed by atoms with Crippen LogP contribution in [0.25, 0.3) is 0 Å². The molecule has 0 heterocycles. The van der Waals surface area contributed by atoms with Crippen molar-refractivity contribution in [1.29, 1.82) is 0 Å². The molecule has 0 atom stereocenters. The molecule has 0 fully saturated rings. The van der Waals surface area contributed by atoms with Crippen molar-refractivity contribution in [3.05, 3.63) is 75.8 Å². The summed E-state index contributed by atoms with van der Waals surface area (Å²) in [6.07, 6.45) is 1.48. The van der Waals surface area contributed by atoms with Crippen LogP contribution in [-0.4, -0.2) is 29.1 Å². The van der Waals surface area contributed by atoms with Crippen molar-refractivity contribution in [3.8, 4) is 0 Å². The van der Waals surface area contributed by atoms with Crippen LogP contribution < -0.4 is 0 Å². The molecule has 0 saturated carbocycles. The summed E-state index contributed by atoms with van der Waals surface area (Å²) in [6.45, 7) is 0. The smallest absolute Gasteiger partial charge is 0.267 e. The number of nitro groups is 1. The maximum absolute atomic E-state index is 12.0. The molecular formula is C15H13N3O3. The van der Waals surface area contributed by atoms with Crippen molar-refractivity contribution < 1.29 is 9.72 Å². The Morgan fingerprint density at radius 2 is 1.76 bits per heavy atom. The molecule has 0 aliphatic carbocycles. The maximum atomic E-state index is 12.0. The number of benzene rings is 2. The number of hydrogen-bond donors (Lipinski definition) is 0. The summed E-state index contributed by atoms with van der Waals surface area (Å²) in [7, 11) is 1.55. The van der Waals surface area contributed by atoms with Crippen LogP contribution in [0.2, 0.25) is 0 Å². The van der Waals surface area contributed by atoms with E-state index in [1.807, 2.05) is 6.07 Å². The molecule has 6 nitrogen and oxygen atoms in total. The summed E-state index contributed by atoms with van der Waals surface area (Å²) in [5.41, 5.74) is 1.23. The molecule has 0 unspecified atom stereocenters. The maximum Gasteiger partial charge on any atom is 0.273 e. The highest BCUT2D eigenvalue weighted by molar-refractivity contribution is 5.94. The van der Waals surface area contributed by atoms with E-state index in [0.29, 0.717) is 11.1 Å². The van der Waals surface area contributed by atoms with Gasteiger partial charge in [-0.1, -0.05) is 18.2 Å².